The molecule has 0 spiro atoms. The van der Waals surface area contributed by atoms with Crippen LogP contribution >= 0.6 is 0 Å². The van der Waals surface area contributed by atoms with Crippen LogP contribution in [0.4, 0.5) is 0 Å². The van der Waals surface area contributed by atoms with Gasteiger partial charge in [-0.05, 0) is 109 Å². The van der Waals surface area contributed by atoms with Crippen molar-refractivity contribution in [2.45, 2.75) is 167 Å². The fraction of sp³-hybridized carbons (Fsp3) is 0.902. The van der Waals surface area contributed by atoms with E-state index in [-0.39, 0.29) is 39.4 Å². The Balaban J connectivity index is 1.06. The Labute approximate surface area is 322 Å². The summed E-state index contributed by atoms with van der Waals surface area (Å²) < 4.78 is 23.9. The first-order valence-electron chi connectivity index (χ1n) is 20.4. The van der Waals surface area contributed by atoms with Gasteiger partial charge in [-0.3, -0.25) is 4.79 Å². The molecule has 2 heterocycles. The van der Waals surface area contributed by atoms with E-state index in [4.69, 9.17) is 18.9 Å². The predicted molar refractivity (Wildman–Crippen MR) is 192 cm³/mol. The average Bonchev–Trinajstić information content (AvgIpc) is 3.50. The summed E-state index contributed by atoms with van der Waals surface area (Å²) >= 11 is 0. The summed E-state index contributed by atoms with van der Waals surface area (Å²) in [7, 11) is 0. The number of hydrogen-bond donors (Lipinski definition) is 8. The molecule has 55 heavy (non-hydrogen) atoms. The molecule has 0 aromatic rings. The van der Waals surface area contributed by atoms with Crippen molar-refractivity contribution in [2.75, 3.05) is 6.61 Å². The minimum absolute atomic E-state index is 0.0451. The van der Waals surface area contributed by atoms with E-state index in [0.717, 1.165) is 51.4 Å². The van der Waals surface area contributed by atoms with E-state index in [2.05, 4.69) is 47.6 Å². The van der Waals surface area contributed by atoms with Crippen molar-refractivity contribution in [1.82, 2.24) is 0 Å². The maximum Gasteiger partial charge on any atom is 0.335 e. The minimum Gasteiger partial charge on any atom is -0.481 e. The summed E-state index contributed by atoms with van der Waals surface area (Å²) in [6, 6.07) is 0. The van der Waals surface area contributed by atoms with Crippen molar-refractivity contribution >= 4 is 11.9 Å². The first-order chi connectivity index (χ1) is 25.6. The number of aliphatic hydroxyl groups excluding tert-OH is 6. The largest absolute Gasteiger partial charge is 0.481 e. The van der Waals surface area contributed by atoms with Crippen LogP contribution in [0, 0.1) is 56.2 Å². The molecule has 6 aliphatic carbocycles. The highest BCUT2D eigenvalue weighted by Gasteiger charge is 2.77. The molecule has 1 unspecified atom stereocenters. The molecule has 0 aromatic heterocycles. The lowest BCUT2D eigenvalue weighted by molar-refractivity contribution is -0.374. The molecular weight excluding hydrogens is 716 g/mol. The normalized spacial score (nSPS) is 56.5. The Morgan fingerprint density at radius 2 is 1.47 bits per heavy atom. The third-order valence-electron chi connectivity index (χ3n) is 17.9. The van der Waals surface area contributed by atoms with E-state index in [9.17, 15) is 50.4 Å². The predicted octanol–water partition coefficient (Wildman–Crippen LogP) is 2.19. The summed E-state index contributed by atoms with van der Waals surface area (Å²) in [5, 5.41) is 83.8. The smallest absolute Gasteiger partial charge is 0.335 e. The van der Waals surface area contributed by atoms with E-state index in [0.29, 0.717) is 12.3 Å². The topological polar surface area (TPSA) is 233 Å². The molecule has 8 N–H and O–H groups in total. The highest BCUT2D eigenvalue weighted by molar-refractivity contribution is 5.79. The molecule has 20 atom stereocenters. The third-order valence-corrected chi connectivity index (χ3v) is 17.9. The molecule has 14 heteroatoms. The summed E-state index contributed by atoms with van der Waals surface area (Å²) in [6.45, 7) is 13.2. The number of aliphatic hydroxyl groups is 6. The summed E-state index contributed by atoms with van der Waals surface area (Å²) in [4.78, 5) is 25.3. The van der Waals surface area contributed by atoms with Crippen molar-refractivity contribution in [2.24, 2.45) is 56.2 Å². The number of carboxylic acids is 2. The second-order valence-electron chi connectivity index (χ2n) is 20.3. The zero-order chi connectivity index (χ0) is 40.0. The van der Waals surface area contributed by atoms with Gasteiger partial charge >= 0.3 is 11.9 Å². The van der Waals surface area contributed by atoms with Gasteiger partial charge in [-0.2, -0.15) is 0 Å². The average molecular weight is 779 g/mol. The van der Waals surface area contributed by atoms with Crippen molar-refractivity contribution in [1.29, 1.82) is 0 Å². The van der Waals surface area contributed by atoms with E-state index in [1.165, 1.54) is 5.57 Å². The number of fused-ring (bicyclic) bond motifs is 6. The molecular formula is C41H62O14. The van der Waals surface area contributed by atoms with Crippen molar-refractivity contribution in [3.8, 4) is 0 Å². The van der Waals surface area contributed by atoms with Gasteiger partial charge in [0, 0.05) is 0 Å². The molecule has 8 aliphatic rings. The molecule has 310 valence electrons. The summed E-state index contributed by atoms with van der Waals surface area (Å²) in [5.74, 6) is -1.39. The molecule has 7 fully saturated rings. The number of ether oxygens (including phenoxy) is 4. The Hall–Kier alpha value is -1.72. The van der Waals surface area contributed by atoms with Crippen molar-refractivity contribution < 1.29 is 69.4 Å². The van der Waals surface area contributed by atoms with E-state index >= 15 is 0 Å². The fourth-order valence-electron chi connectivity index (χ4n) is 14.8. The van der Waals surface area contributed by atoms with Gasteiger partial charge in [-0.15, -0.1) is 0 Å². The zero-order valence-electron chi connectivity index (χ0n) is 32.8. The van der Waals surface area contributed by atoms with Crippen LogP contribution in [-0.2, 0) is 28.5 Å². The molecule has 4 bridgehead atoms. The number of aliphatic carboxylic acids is 2. The standard InChI is InChI=1S/C41H62O14/c1-36(2)21-9-12-39(5)22(8-7-18-19-15-37(3)13-14-41(19,35(50)51)23(37)16-40(18,39)6)38(21,4)11-10-24(36)53-34-31(28(46)27(45)30(54-34)32(48)49)55-33-29(47)26(44)25(43)20(17-42)52-33/h7,19-31,33-34,42-47H,8-17H2,1-6H3,(H,48,49)(H,50,51)/t19-,20+,21-,22+,23?,24-,25+,26-,27-,28-,29+,30-,31+,33-,34+,37-,38-,39+,40+,41+/m0/s1. The van der Waals surface area contributed by atoms with E-state index in [1.807, 2.05) is 0 Å². The molecule has 2 aliphatic heterocycles. The van der Waals surface area contributed by atoms with Crippen LogP contribution < -0.4 is 0 Å². The Morgan fingerprint density at radius 3 is 2.13 bits per heavy atom. The second kappa shape index (κ2) is 12.9. The number of carboxylic acid groups (broad SMARTS) is 2. The molecule has 14 nitrogen and oxygen atoms in total. The maximum atomic E-state index is 13.1. The third kappa shape index (κ3) is 5.21. The Bertz CT molecular complexity index is 1600. The van der Waals surface area contributed by atoms with Crippen LogP contribution in [0.3, 0.4) is 0 Å². The van der Waals surface area contributed by atoms with Crippen molar-refractivity contribution in [3.63, 3.8) is 0 Å². The summed E-state index contributed by atoms with van der Waals surface area (Å²) in [5.41, 5.74) is 0.0200. The first-order valence-corrected chi connectivity index (χ1v) is 20.4. The lowest BCUT2D eigenvalue weighted by Gasteiger charge is -2.70. The minimum atomic E-state index is -1.94. The maximum absolute atomic E-state index is 13.1. The second-order valence-corrected chi connectivity index (χ2v) is 20.3. The lowest BCUT2D eigenvalue weighted by atomic mass is 9.34. The number of allylic oxidation sites excluding steroid dienone is 2. The van der Waals surface area contributed by atoms with Gasteiger partial charge < -0.3 is 59.8 Å². The number of rotatable bonds is 7. The van der Waals surface area contributed by atoms with Crippen LogP contribution in [0.25, 0.3) is 0 Å². The number of carbonyl (C=O) groups is 2. The van der Waals surface area contributed by atoms with Crippen molar-refractivity contribution in [3.05, 3.63) is 11.6 Å². The molecule has 0 amide bonds. The SMILES string of the molecule is CC1(C)[C@@H](O[C@@H]2O[C@H](C(=O)O)[C@@H](O)[C@H](O)[C@H]2O[C@@H]2O[C@H](CO)[C@@H](O)[C@H](O)[C@H]2O)CC[C@]2(C)[C@H]3CC=C4[C@@H]5C[C@]6(C)CC[C@]5(C(=O)O)C6C[C@@]4(C)[C@]3(C)CC[C@@H]12. The number of hydrogen-bond acceptors (Lipinski definition) is 12. The van der Waals surface area contributed by atoms with Gasteiger partial charge in [-0.25, -0.2) is 4.79 Å². The van der Waals surface area contributed by atoms with Crippen LogP contribution in [0.5, 0.6) is 0 Å². The highest BCUT2D eigenvalue weighted by atomic mass is 16.8. The van der Waals surface area contributed by atoms with Gasteiger partial charge in [0.2, 0.25) is 0 Å². The lowest BCUT2D eigenvalue weighted by Crippen LogP contribution is -2.67. The zero-order valence-corrected chi connectivity index (χ0v) is 32.8. The van der Waals surface area contributed by atoms with Gasteiger partial charge in [0.15, 0.2) is 18.7 Å². The van der Waals surface area contributed by atoms with E-state index < -0.39 is 96.9 Å². The van der Waals surface area contributed by atoms with Gasteiger partial charge in [0.1, 0.15) is 42.7 Å². The highest BCUT2D eigenvalue weighted by Crippen LogP contribution is 2.82. The van der Waals surface area contributed by atoms with Gasteiger partial charge in [0.25, 0.3) is 0 Å². The van der Waals surface area contributed by atoms with Crippen LogP contribution in [0.2, 0.25) is 0 Å². The quantitative estimate of drug-likeness (QED) is 0.137. The van der Waals surface area contributed by atoms with Gasteiger partial charge in [-0.1, -0.05) is 53.2 Å². The van der Waals surface area contributed by atoms with Crippen LogP contribution in [0.1, 0.15) is 99.3 Å². The fourth-order valence-corrected chi connectivity index (χ4v) is 14.8. The Morgan fingerprint density at radius 1 is 0.764 bits per heavy atom. The monoisotopic (exact) mass is 778 g/mol. The van der Waals surface area contributed by atoms with E-state index in [1.54, 1.807) is 0 Å². The molecule has 5 saturated carbocycles. The molecule has 0 radical (unpaired) electrons. The van der Waals surface area contributed by atoms with Crippen LogP contribution in [0.15, 0.2) is 11.6 Å². The summed E-state index contributed by atoms with van der Waals surface area (Å²) in [6.07, 6.45) is -7.35. The first kappa shape index (κ1) is 40.1. The van der Waals surface area contributed by atoms with Crippen LogP contribution in [-0.4, -0.2) is 127 Å². The Kier molecular flexibility index (Phi) is 9.39. The molecule has 0 aromatic carbocycles. The molecule has 2 saturated heterocycles. The van der Waals surface area contributed by atoms with Gasteiger partial charge in [0.05, 0.1) is 18.1 Å². The molecule has 8 rings (SSSR count).